The van der Waals surface area contributed by atoms with Crippen molar-refractivity contribution in [2.75, 3.05) is 67.0 Å². The molecule has 21 heteroatoms. The van der Waals surface area contributed by atoms with E-state index in [1.165, 1.54) is 33.1 Å². The van der Waals surface area contributed by atoms with E-state index in [1.807, 2.05) is 58.9 Å². The van der Waals surface area contributed by atoms with Crippen molar-refractivity contribution in [3.8, 4) is 5.75 Å². The van der Waals surface area contributed by atoms with Crippen LogP contribution in [0.1, 0.15) is 130 Å². The van der Waals surface area contributed by atoms with Gasteiger partial charge in [0.15, 0.2) is 11.6 Å². The zero-order valence-electron chi connectivity index (χ0n) is 50.5. The average Bonchev–Trinajstić information content (AvgIpc) is 3.46. The predicted molar refractivity (Wildman–Crippen MR) is 307 cm³/mol. The molecule has 0 aliphatic heterocycles. The van der Waals surface area contributed by atoms with Gasteiger partial charge in [-0.2, -0.15) is 0 Å². The number of hydrogen-bond donors (Lipinski definition) is 6. The van der Waals surface area contributed by atoms with E-state index in [0.717, 1.165) is 11.1 Å². The second kappa shape index (κ2) is 39.9. The summed E-state index contributed by atoms with van der Waals surface area (Å²) in [4.78, 5) is 128. The highest BCUT2D eigenvalue weighted by atomic mass is 16.6. The number of phenolic OH excluding ortho intramolecular Hbond substituents is 1. The van der Waals surface area contributed by atoms with Crippen LogP contribution in [0.2, 0.25) is 0 Å². The lowest BCUT2D eigenvalue weighted by Crippen LogP contribution is -2.47. The number of aryl methyl sites for hydroxylation is 1. The van der Waals surface area contributed by atoms with E-state index < -0.39 is 89.6 Å². The Balaban J connectivity index is 0.000000824. The Labute approximate surface area is 484 Å². The number of phenols is 1. The Bertz CT molecular complexity index is 2310. The number of aliphatic carboxylic acids is 1. The molecular formula is C61H94N4O17. The molecule has 460 valence electrons. The van der Waals surface area contributed by atoms with Crippen LogP contribution >= 0.6 is 0 Å². The van der Waals surface area contributed by atoms with E-state index >= 15 is 0 Å². The molecule has 0 aliphatic rings. The van der Waals surface area contributed by atoms with Gasteiger partial charge >= 0.3 is 11.9 Å². The fourth-order valence-corrected chi connectivity index (χ4v) is 8.65. The Morgan fingerprint density at radius 2 is 0.902 bits per heavy atom. The van der Waals surface area contributed by atoms with Crippen molar-refractivity contribution in [2.45, 2.75) is 151 Å². The standard InChI is InChI=1S/C33H52N2O8.C28H42N2O9/c1-22(2)17-26(18-24(4)36)32(40)35-28(19-25-11-9-23(3)10-12-25)29(37)20-27(21-30(38)43-33(5,6)7)31(39)34-13-14-42-16-15-41-8;1-18(2)13-21(14-19(3)31)28(37)30-24(15-20-5-7-23(32)8-6-20)25(33)16-22(17-26(34)35)27(36)29-9-10-39-12-11-38-4/h9-12,22,26-28H,13-21H2,1-8H3,(H,34,39)(H,35,40);5-8,18,21-22,24,32H,9-17H2,1-4H3,(H,29,36)(H,30,37)(H,34,35)/t26-,27-,28-;21-,22-,24-/m00/s1. The Hall–Kier alpha value is -6.42. The molecule has 0 spiro atoms. The molecule has 0 saturated carbocycles. The largest absolute Gasteiger partial charge is 0.508 e. The van der Waals surface area contributed by atoms with E-state index in [-0.39, 0.29) is 106 Å². The Morgan fingerprint density at radius 1 is 0.512 bits per heavy atom. The molecule has 6 N–H and O–H groups in total. The van der Waals surface area contributed by atoms with Gasteiger partial charge in [-0.15, -0.1) is 0 Å². The van der Waals surface area contributed by atoms with Gasteiger partial charge in [-0.05, 0) is 102 Å². The predicted octanol–water partition coefficient (Wildman–Crippen LogP) is 5.64. The number of carbonyl (C=O) groups is 10. The monoisotopic (exact) mass is 1150 g/mol. The minimum absolute atomic E-state index is 0.0284. The number of ether oxygens (including phenoxy) is 5. The molecule has 0 aliphatic carbocycles. The average molecular weight is 1160 g/mol. The number of nitrogens with one attached hydrogen (secondary N) is 4. The van der Waals surface area contributed by atoms with Crippen molar-refractivity contribution in [2.24, 2.45) is 35.5 Å². The molecule has 4 amide bonds. The number of rotatable bonds is 40. The van der Waals surface area contributed by atoms with Crippen molar-refractivity contribution < 1.29 is 81.8 Å². The van der Waals surface area contributed by atoms with Crippen LogP contribution in [0.15, 0.2) is 48.5 Å². The number of methoxy groups -OCH3 is 2. The van der Waals surface area contributed by atoms with Crippen LogP contribution in [0.5, 0.6) is 5.75 Å². The first-order chi connectivity index (χ1) is 38.5. The van der Waals surface area contributed by atoms with Crippen LogP contribution in [0, 0.1) is 42.4 Å². The highest BCUT2D eigenvalue weighted by molar-refractivity contribution is 5.96. The third-order valence-corrected chi connectivity index (χ3v) is 12.5. The van der Waals surface area contributed by atoms with Crippen molar-refractivity contribution in [1.82, 2.24) is 21.3 Å². The fraction of sp³-hybridized carbons (Fsp3) is 0.639. The molecule has 0 heterocycles. The first-order valence-corrected chi connectivity index (χ1v) is 28.1. The highest BCUT2D eigenvalue weighted by Crippen LogP contribution is 2.23. The van der Waals surface area contributed by atoms with E-state index in [2.05, 4.69) is 21.3 Å². The van der Waals surface area contributed by atoms with Crippen molar-refractivity contribution in [3.05, 3.63) is 65.2 Å². The summed E-state index contributed by atoms with van der Waals surface area (Å²) in [6, 6.07) is 11.7. The third kappa shape index (κ3) is 34.1. The Morgan fingerprint density at radius 3 is 1.26 bits per heavy atom. The number of ketones is 4. The number of Topliss-reactive ketones (excluding diaryl/α,β-unsaturated/α-hetero) is 4. The summed E-state index contributed by atoms with van der Waals surface area (Å²) in [6.45, 7) is 20.0. The van der Waals surface area contributed by atoms with Gasteiger partial charge in [0.1, 0.15) is 22.9 Å². The van der Waals surface area contributed by atoms with Crippen molar-refractivity contribution in [3.63, 3.8) is 0 Å². The van der Waals surface area contributed by atoms with E-state index in [1.54, 1.807) is 40.0 Å². The molecular weight excluding hydrogens is 1060 g/mol. The minimum Gasteiger partial charge on any atom is -0.508 e. The maximum absolute atomic E-state index is 13.8. The van der Waals surface area contributed by atoms with Crippen LogP contribution in [0.25, 0.3) is 0 Å². The topological polar surface area (TPSA) is 305 Å². The van der Waals surface area contributed by atoms with Gasteiger partial charge < -0.3 is 64.8 Å². The lowest BCUT2D eigenvalue weighted by Gasteiger charge is -2.25. The molecule has 0 fully saturated rings. The normalized spacial score (nSPS) is 13.5. The molecule has 21 nitrogen and oxygen atoms in total. The molecule has 0 unspecified atom stereocenters. The zero-order valence-corrected chi connectivity index (χ0v) is 50.5. The number of esters is 1. The molecule has 0 bridgehead atoms. The number of hydrogen-bond acceptors (Lipinski definition) is 16. The SMILES string of the molecule is COCCOCCNC(=O)[C@H](CC(=O)O)CC(=O)[C@H](Cc1ccc(O)cc1)NC(=O)[C@H](CC(C)=O)CC(C)C.COCCOCCNC(=O)[C@H](CC(=O)OC(C)(C)C)CC(=O)[C@H](Cc1ccc(C)cc1)NC(=O)[C@H](CC(C)=O)CC(C)C. The lowest BCUT2D eigenvalue weighted by atomic mass is 9.89. The summed E-state index contributed by atoms with van der Waals surface area (Å²) >= 11 is 0. The number of amides is 4. The van der Waals surface area contributed by atoms with E-state index in [4.69, 9.17) is 23.7 Å². The van der Waals surface area contributed by atoms with Crippen molar-refractivity contribution >= 4 is 58.7 Å². The number of aromatic hydroxyl groups is 1. The molecule has 0 aromatic heterocycles. The number of carbonyl (C=O) groups excluding carboxylic acids is 9. The molecule has 82 heavy (non-hydrogen) atoms. The van der Waals surface area contributed by atoms with Gasteiger partial charge in [0.25, 0.3) is 0 Å². The van der Waals surface area contributed by atoms with Crippen LogP contribution in [-0.2, 0) is 84.5 Å². The minimum atomic E-state index is -1.24. The fourth-order valence-electron chi connectivity index (χ4n) is 8.65. The van der Waals surface area contributed by atoms with E-state index in [0.29, 0.717) is 44.8 Å². The van der Waals surface area contributed by atoms with Crippen LogP contribution in [0.4, 0.5) is 0 Å². The summed E-state index contributed by atoms with van der Waals surface area (Å²) in [7, 11) is 3.09. The maximum Gasteiger partial charge on any atom is 0.307 e. The molecule has 0 saturated heterocycles. The summed E-state index contributed by atoms with van der Waals surface area (Å²) in [5.74, 6) is -7.97. The molecule has 6 atom stereocenters. The highest BCUT2D eigenvalue weighted by Gasteiger charge is 2.34. The second-order valence-electron chi connectivity index (χ2n) is 22.6. The van der Waals surface area contributed by atoms with Gasteiger partial charge in [0, 0.05) is 64.8 Å². The zero-order chi connectivity index (χ0) is 62.0. The summed E-state index contributed by atoms with van der Waals surface area (Å²) < 4.78 is 25.9. The number of carboxylic acids is 1. The number of carboxylic acid groups (broad SMARTS) is 1. The Kier molecular flexibility index (Phi) is 35.8. The van der Waals surface area contributed by atoms with Crippen molar-refractivity contribution in [1.29, 1.82) is 0 Å². The first kappa shape index (κ1) is 73.6. The van der Waals surface area contributed by atoms with Gasteiger partial charge in [-0.25, -0.2) is 0 Å². The second-order valence-corrected chi connectivity index (χ2v) is 22.6. The van der Waals surface area contributed by atoms with Crippen LogP contribution in [0.3, 0.4) is 0 Å². The van der Waals surface area contributed by atoms with E-state index in [9.17, 15) is 58.2 Å². The summed E-state index contributed by atoms with van der Waals surface area (Å²) in [5.41, 5.74) is 1.76. The molecule has 2 aromatic carbocycles. The van der Waals surface area contributed by atoms with Gasteiger partial charge in [-0.1, -0.05) is 69.7 Å². The first-order valence-electron chi connectivity index (χ1n) is 28.1. The molecule has 2 rings (SSSR count). The van der Waals surface area contributed by atoms with Crippen LogP contribution in [-0.4, -0.2) is 154 Å². The summed E-state index contributed by atoms with van der Waals surface area (Å²) in [5, 5.41) is 29.9. The van der Waals surface area contributed by atoms with Crippen LogP contribution < -0.4 is 21.3 Å². The van der Waals surface area contributed by atoms with Gasteiger partial charge in [0.05, 0.1) is 76.4 Å². The maximum atomic E-state index is 13.8. The molecule has 2 aromatic rings. The number of benzene rings is 2. The smallest absolute Gasteiger partial charge is 0.307 e. The lowest BCUT2D eigenvalue weighted by molar-refractivity contribution is -0.157. The van der Waals surface area contributed by atoms with Gasteiger partial charge in [0.2, 0.25) is 23.6 Å². The van der Waals surface area contributed by atoms with Gasteiger partial charge in [-0.3, -0.25) is 38.4 Å². The third-order valence-electron chi connectivity index (χ3n) is 12.5. The molecule has 0 radical (unpaired) electrons. The quantitative estimate of drug-likeness (QED) is 0.0347. The summed E-state index contributed by atoms with van der Waals surface area (Å²) in [6.07, 6.45) is -0.253.